The Morgan fingerprint density at radius 2 is 2.30 bits per heavy atom. The largest absolute Gasteiger partial charge is 0.338 e. The van der Waals surface area contributed by atoms with Crippen molar-refractivity contribution in [1.29, 1.82) is 0 Å². The van der Waals surface area contributed by atoms with Gasteiger partial charge in [-0.15, -0.1) is 22.7 Å². The summed E-state index contributed by atoms with van der Waals surface area (Å²) < 4.78 is 0. The van der Waals surface area contributed by atoms with Crippen LogP contribution in [-0.4, -0.2) is 29.5 Å². The van der Waals surface area contributed by atoms with Gasteiger partial charge in [0.15, 0.2) is 0 Å². The smallest absolute Gasteiger partial charge is 0.317 e. The number of carbonyl (C=O) groups is 1. The van der Waals surface area contributed by atoms with E-state index >= 15 is 0 Å². The van der Waals surface area contributed by atoms with Gasteiger partial charge in [0.05, 0.1) is 17.7 Å². The van der Waals surface area contributed by atoms with Crippen molar-refractivity contribution >= 4 is 28.7 Å². The molecule has 0 saturated carbocycles. The summed E-state index contributed by atoms with van der Waals surface area (Å²) in [6, 6.07) is 4.03. The maximum Gasteiger partial charge on any atom is 0.317 e. The predicted molar refractivity (Wildman–Crippen MR) is 84.4 cm³/mol. The topological polar surface area (TPSA) is 45.2 Å². The Hall–Kier alpha value is -1.40. The van der Waals surface area contributed by atoms with Crippen LogP contribution in [0.2, 0.25) is 0 Å². The molecule has 108 valence electrons. The highest BCUT2D eigenvalue weighted by atomic mass is 32.1. The van der Waals surface area contributed by atoms with Crippen molar-refractivity contribution in [3.63, 3.8) is 0 Å². The summed E-state index contributed by atoms with van der Waals surface area (Å²) in [6.45, 7) is 3.39. The maximum absolute atomic E-state index is 11.9. The van der Waals surface area contributed by atoms with Crippen LogP contribution in [0.4, 0.5) is 4.79 Å². The number of thiazole rings is 1. The van der Waals surface area contributed by atoms with Crippen molar-refractivity contribution in [3.8, 4) is 0 Å². The Kier molecular flexibility index (Phi) is 5.55. The molecule has 2 amide bonds. The quantitative estimate of drug-likeness (QED) is 0.832. The SMILES string of the molecule is Cc1ncsc1CCCNC(=O)N(C)Cc1cccs1. The van der Waals surface area contributed by atoms with Crippen LogP contribution in [0.5, 0.6) is 0 Å². The lowest BCUT2D eigenvalue weighted by Crippen LogP contribution is -2.37. The fourth-order valence-electron chi connectivity index (χ4n) is 1.85. The van der Waals surface area contributed by atoms with Crippen LogP contribution >= 0.6 is 22.7 Å². The molecule has 1 N–H and O–H groups in total. The number of nitrogens with one attached hydrogen (secondary N) is 1. The van der Waals surface area contributed by atoms with Crippen LogP contribution in [0.25, 0.3) is 0 Å². The van der Waals surface area contributed by atoms with Crippen molar-refractivity contribution in [2.45, 2.75) is 26.3 Å². The minimum atomic E-state index is -0.0144. The number of hydrogen-bond acceptors (Lipinski definition) is 4. The first-order valence-electron chi connectivity index (χ1n) is 6.57. The van der Waals surface area contributed by atoms with Gasteiger partial charge in [0.2, 0.25) is 0 Å². The molecule has 0 aliphatic rings. The van der Waals surface area contributed by atoms with Crippen molar-refractivity contribution < 1.29 is 4.79 Å². The number of nitrogens with zero attached hydrogens (tertiary/aromatic N) is 2. The molecule has 0 spiro atoms. The summed E-state index contributed by atoms with van der Waals surface area (Å²) >= 11 is 3.35. The van der Waals surface area contributed by atoms with E-state index in [1.165, 1.54) is 9.75 Å². The van der Waals surface area contributed by atoms with Gasteiger partial charge >= 0.3 is 6.03 Å². The molecule has 0 aliphatic heterocycles. The molecule has 0 radical (unpaired) electrons. The van der Waals surface area contributed by atoms with E-state index in [2.05, 4.69) is 10.3 Å². The molecule has 20 heavy (non-hydrogen) atoms. The number of carbonyl (C=O) groups excluding carboxylic acids is 1. The normalized spacial score (nSPS) is 10.5. The molecule has 0 aromatic carbocycles. The number of thiophene rings is 1. The minimum Gasteiger partial charge on any atom is -0.338 e. The molecule has 2 aromatic heterocycles. The van der Waals surface area contributed by atoms with Crippen molar-refractivity contribution in [3.05, 3.63) is 38.5 Å². The Balaban J connectivity index is 1.66. The third kappa shape index (κ3) is 4.31. The highest BCUT2D eigenvalue weighted by Gasteiger charge is 2.09. The summed E-state index contributed by atoms with van der Waals surface area (Å²) in [7, 11) is 1.82. The Morgan fingerprint density at radius 1 is 1.45 bits per heavy atom. The Morgan fingerprint density at radius 3 is 2.95 bits per heavy atom. The molecule has 6 heteroatoms. The number of rotatable bonds is 6. The van der Waals surface area contributed by atoms with Gasteiger partial charge in [-0.2, -0.15) is 0 Å². The van der Waals surface area contributed by atoms with Crippen LogP contribution in [0, 0.1) is 6.92 Å². The van der Waals surface area contributed by atoms with Crippen LogP contribution in [0.3, 0.4) is 0 Å². The van der Waals surface area contributed by atoms with E-state index in [0.717, 1.165) is 18.5 Å². The van der Waals surface area contributed by atoms with Gasteiger partial charge in [0.25, 0.3) is 0 Å². The van der Waals surface area contributed by atoms with E-state index in [-0.39, 0.29) is 6.03 Å². The van der Waals surface area contributed by atoms with Gasteiger partial charge in [-0.25, -0.2) is 9.78 Å². The highest BCUT2D eigenvalue weighted by Crippen LogP contribution is 2.14. The summed E-state index contributed by atoms with van der Waals surface area (Å²) in [6.07, 6.45) is 1.92. The van der Waals surface area contributed by atoms with Gasteiger partial charge in [-0.3, -0.25) is 0 Å². The van der Waals surface area contributed by atoms with Gasteiger partial charge in [-0.1, -0.05) is 6.07 Å². The lowest BCUT2D eigenvalue weighted by atomic mass is 10.2. The van der Waals surface area contributed by atoms with Gasteiger partial charge in [0, 0.05) is 23.3 Å². The van der Waals surface area contributed by atoms with E-state index in [1.807, 2.05) is 37.0 Å². The van der Waals surface area contributed by atoms with Crippen molar-refractivity contribution in [2.24, 2.45) is 0 Å². The standard InChI is InChI=1S/C14H19N3OS2/c1-11-13(20-10-16-11)6-3-7-15-14(18)17(2)9-12-5-4-8-19-12/h4-5,8,10H,3,6-7,9H2,1-2H3,(H,15,18). The number of amides is 2. The summed E-state index contributed by atoms with van der Waals surface area (Å²) in [5.41, 5.74) is 2.98. The third-order valence-electron chi connectivity index (χ3n) is 3.02. The lowest BCUT2D eigenvalue weighted by molar-refractivity contribution is 0.207. The van der Waals surface area contributed by atoms with E-state index in [4.69, 9.17) is 0 Å². The fraction of sp³-hybridized carbons (Fsp3) is 0.429. The lowest BCUT2D eigenvalue weighted by Gasteiger charge is -2.17. The molecule has 2 aromatic rings. The predicted octanol–water partition coefficient (Wildman–Crippen LogP) is 3.29. The summed E-state index contributed by atoms with van der Waals surface area (Å²) in [5, 5.41) is 4.98. The van der Waals surface area contributed by atoms with E-state index in [1.54, 1.807) is 27.6 Å². The zero-order valence-corrected chi connectivity index (χ0v) is 13.4. The molecular formula is C14H19N3OS2. The molecule has 2 rings (SSSR count). The molecule has 2 heterocycles. The molecule has 0 fully saturated rings. The van der Waals surface area contributed by atoms with E-state index in [0.29, 0.717) is 13.1 Å². The van der Waals surface area contributed by atoms with Crippen LogP contribution < -0.4 is 5.32 Å². The number of aryl methyl sites for hydroxylation is 2. The van der Waals surface area contributed by atoms with Crippen LogP contribution in [0.1, 0.15) is 21.9 Å². The molecule has 0 unspecified atom stereocenters. The molecule has 0 aliphatic carbocycles. The second-order valence-corrected chi connectivity index (χ2v) is 6.60. The summed E-state index contributed by atoms with van der Waals surface area (Å²) in [4.78, 5) is 20.4. The average Bonchev–Trinajstić information content (AvgIpc) is 3.06. The number of aromatic nitrogens is 1. The van der Waals surface area contributed by atoms with Gasteiger partial charge < -0.3 is 10.2 Å². The van der Waals surface area contributed by atoms with Crippen LogP contribution in [0.15, 0.2) is 23.0 Å². The Bertz CT molecular complexity index is 536. The molecular weight excluding hydrogens is 290 g/mol. The van der Waals surface area contributed by atoms with Crippen LogP contribution in [-0.2, 0) is 13.0 Å². The molecule has 0 atom stereocenters. The first-order chi connectivity index (χ1) is 9.66. The first-order valence-corrected chi connectivity index (χ1v) is 8.33. The van der Waals surface area contributed by atoms with Crippen molar-refractivity contribution in [1.82, 2.24) is 15.2 Å². The van der Waals surface area contributed by atoms with Crippen molar-refractivity contribution in [2.75, 3.05) is 13.6 Å². The number of hydrogen-bond donors (Lipinski definition) is 1. The zero-order chi connectivity index (χ0) is 14.4. The summed E-state index contributed by atoms with van der Waals surface area (Å²) in [5.74, 6) is 0. The zero-order valence-electron chi connectivity index (χ0n) is 11.8. The monoisotopic (exact) mass is 309 g/mol. The average molecular weight is 309 g/mol. The third-order valence-corrected chi connectivity index (χ3v) is 4.88. The number of urea groups is 1. The molecule has 4 nitrogen and oxygen atoms in total. The first kappa shape index (κ1) is 15.0. The van der Waals surface area contributed by atoms with E-state index < -0.39 is 0 Å². The van der Waals surface area contributed by atoms with Gasteiger partial charge in [-0.05, 0) is 31.2 Å². The Labute approximate surface area is 127 Å². The van der Waals surface area contributed by atoms with E-state index in [9.17, 15) is 4.79 Å². The minimum absolute atomic E-state index is 0.0144. The van der Waals surface area contributed by atoms with Gasteiger partial charge in [0.1, 0.15) is 0 Å². The fourth-order valence-corrected chi connectivity index (χ4v) is 3.43. The molecule has 0 bridgehead atoms. The maximum atomic E-state index is 11.9. The highest BCUT2D eigenvalue weighted by molar-refractivity contribution is 7.10. The molecule has 0 saturated heterocycles. The second kappa shape index (κ2) is 7.40. The second-order valence-electron chi connectivity index (χ2n) is 4.63.